The summed E-state index contributed by atoms with van der Waals surface area (Å²) in [6.45, 7) is 2.74. The molecule has 0 aliphatic carbocycles. The average molecular weight is 304 g/mol. The largest absolute Gasteiger partial charge is 0.469 e. The molecular formula is C16H20N2O4. The average Bonchev–Trinajstić information content (AvgIpc) is 2.51. The Morgan fingerprint density at radius 2 is 2.09 bits per heavy atom. The molecule has 1 aromatic rings. The highest BCUT2D eigenvalue weighted by Crippen LogP contribution is 2.14. The molecule has 2 amide bonds. The van der Waals surface area contributed by atoms with Crippen LogP contribution < -0.4 is 5.32 Å². The number of aryl methyl sites for hydroxylation is 1. The van der Waals surface area contributed by atoms with Gasteiger partial charge in [-0.05, 0) is 18.1 Å². The number of nitrogens with zero attached hydrogens (tertiary/aromatic N) is 1. The third kappa shape index (κ3) is 3.63. The number of esters is 1. The molecule has 2 rings (SSSR count). The molecule has 1 aromatic carbocycles. The Morgan fingerprint density at radius 1 is 1.36 bits per heavy atom. The Balaban J connectivity index is 2.13. The van der Waals surface area contributed by atoms with Gasteiger partial charge in [0.25, 0.3) is 0 Å². The van der Waals surface area contributed by atoms with Crippen molar-refractivity contribution in [2.45, 2.75) is 25.8 Å². The number of piperazine rings is 1. The number of nitrogens with one attached hydrogen (secondary N) is 1. The maximum Gasteiger partial charge on any atom is 0.308 e. The van der Waals surface area contributed by atoms with Crippen LogP contribution in [0.2, 0.25) is 0 Å². The van der Waals surface area contributed by atoms with Crippen LogP contribution in [-0.4, -0.2) is 48.9 Å². The summed E-state index contributed by atoms with van der Waals surface area (Å²) in [6.07, 6.45) is 0.0967. The fraction of sp³-hybridized carbons (Fsp3) is 0.438. The maximum atomic E-state index is 12.5. The summed E-state index contributed by atoms with van der Waals surface area (Å²) < 4.78 is 4.61. The van der Waals surface area contributed by atoms with Crippen molar-refractivity contribution in [3.05, 3.63) is 35.4 Å². The van der Waals surface area contributed by atoms with Crippen LogP contribution in [0.4, 0.5) is 0 Å². The molecule has 6 heteroatoms. The zero-order valence-electron chi connectivity index (χ0n) is 12.8. The van der Waals surface area contributed by atoms with Crippen molar-refractivity contribution >= 4 is 17.8 Å². The van der Waals surface area contributed by atoms with E-state index in [2.05, 4.69) is 10.1 Å². The van der Waals surface area contributed by atoms with Crippen molar-refractivity contribution in [3.63, 3.8) is 0 Å². The topological polar surface area (TPSA) is 75.7 Å². The highest BCUT2D eigenvalue weighted by molar-refractivity contribution is 5.92. The van der Waals surface area contributed by atoms with Gasteiger partial charge in [0.15, 0.2) is 0 Å². The predicted octanol–water partition coefficient (Wildman–Crippen LogP) is 0.428. The van der Waals surface area contributed by atoms with E-state index in [9.17, 15) is 14.4 Å². The third-order valence-electron chi connectivity index (χ3n) is 3.84. The molecule has 1 atom stereocenters. The molecule has 1 aliphatic heterocycles. The second kappa shape index (κ2) is 7.06. The van der Waals surface area contributed by atoms with Crippen LogP contribution in [0.1, 0.15) is 17.5 Å². The quantitative estimate of drug-likeness (QED) is 0.818. The minimum Gasteiger partial charge on any atom is -0.469 e. The normalized spacial score (nSPS) is 17.8. The van der Waals surface area contributed by atoms with Crippen LogP contribution in [0.3, 0.4) is 0 Å². The van der Waals surface area contributed by atoms with Crippen LogP contribution in [0.25, 0.3) is 0 Å². The monoisotopic (exact) mass is 304 g/mol. The van der Waals surface area contributed by atoms with Gasteiger partial charge in [0.1, 0.15) is 6.04 Å². The number of ether oxygens (including phenoxy) is 1. The minimum absolute atomic E-state index is 0.123. The second-order valence-corrected chi connectivity index (χ2v) is 5.28. The lowest BCUT2D eigenvalue weighted by molar-refractivity contribution is -0.150. The Bertz CT molecular complexity index is 585. The lowest BCUT2D eigenvalue weighted by Gasteiger charge is -2.34. The first-order chi connectivity index (χ1) is 10.5. The molecule has 118 valence electrons. The van der Waals surface area contributed by atoms with E-state index in [1.54, 1.807) is 0 Å². The van der Waals surface area contributed by atoms with E-state index >= 15 is 0 Å². The van der Waals surface area contributed by atoms with Crippen molar-refractivity contribution in [1.82, 2.24) is 10.2 Å². The van der Waals surface area contributed by atoms with Gasteiger partial charge in [-0.1, -0.05) is 24.3 Å². The van der Waals surface area contributed by atoms with E-state index in [1.807, 2.05) is 31.2 Å². The second-order valence-electron chi connectivity index (χ2n) is 5.28. The molecule has 0 aromatic heterocycles. The van der Waals surface area contributed by atoms with Crippen LogP contribution in [-0.2, 0) is 25.5 Å². The van der Waals surface area contributed by atoms with Crippen molar-refractivity contribution in [2.24, 2.45) is 0 Å². The first kappa shape index (κ1) is 16.0. The van der Waals surface area contributed by atoms with Gasteiger partial charge in [-0.15, -0.1) is 0 Å². The van der Waals surface area contributed by atoms with Gasteiger partial charge >= 0.3 is 5.97 Å². The van der Waals surface area contributed by atoms with Gasteiger partial charge in [0.05, 0.1) is 20.0 Å². The Morgan fingerprint density at radius 3 is 2.77 bits per heavy atom. The van der Waals surface area contributed by atoms with Crippen molar-refractivity contribution in [1.29, 1.82) is 0 Å². The summed E-state index contributed by atoms with van der Waals surface area (Å²) in [5.41, 5.74) is 1.96. The number of amides is 2. The number of methoxy groups -OCH3 is 1. The molecule has 0 radical (unpaired) electrons. The van der Waals surface area contributed by atoms with Gasteiger partial charge in [-0.2, -0.15) is 0 Å². The Hall–Kier alpha value is -2.37. The van der Waals surface area contributed by atoms with Gasteiger partial charge in [-0.3, -0.25) is 14.4 Å². The number of hydrogen-bond acceptors (Lipinski definition) is 4. The van der Waals surface area contributed by atoms with Crippen molar-refractivity contribution in [2.75, 3.05) is 20.2 Å². The SMILES string of the molecule is COC(=O)CC1C(=O)NCCN1C(=O)Cc1ccccc1C. The maximum absolute atomic E-state index is 12.5. The summed E-state index contributed by atoms with van der Waals surface area (Å²) in [4.78, 5) is 37.4. The Labute approximate surface area is 129 Å². The van der Waals surface area contributed by atoms with E-state index in [4.69, 9.17) is 0 Å². The predicted molar refractivity (Wildman–Crippen MR) is 80.0 cm³/mol. The first-order valence-corrected chi connectivity index (χ1v) is 7.21. The smallest absolute Gasteiger partial charge is 0.308 e. The summed E-state index contributed by atoms with van der Waals surface area (Å²) in [5.74, 6) is -0.969. The number of hydrogen-bond donors (Lipinski definition) is 1. The molecule has 22 heavy (non-hydrogen) atoms. The van der Waals surface area contributed by atoms with Crippen LogP contribution in [0.15, 0.2) is 24.3 Å². The van der Waals surface area contributed by atoms with Crippen LogP contribution >= 0.6 is 0 Å². The molecule has 0 spiro atoms. The lowest BCUT2D eigenvalue weighted by Crippen LogP contribution is -2.58. The molecular weight excluding hydrogens is 284 g/mol. The Kier molecular flexibility index (Phi) is 5.14. The highest BCUT2D eigenvalue weighted by Gasteiger charge is 2.34. The summed E-state index contributed by atoms with van der Waals surface area (Å²) in [5, 5.41) is 2.68. The van der Waals surface area contributed by atoms with E-state index in [0.717, 1.165) is 11.1 Å². The zero-order valence-corrected chi connectivity index (χ0v) is 12.8. The fourth-order valence-electron chi connectivity index (χ4n) is 2.53. The number of rotatable bonds is 4. The highest BCUT2D eigenvalue weighted by atomic mass is 16.5. The van der Waals surface area contributed by atoms with E-state index < -0.39 is 12.0 Å². The standard InChI is InChI=1S/C16H20N2O4/c1-11-5-3-4-6-12(11)9-14(19)18-8-7-17-16(21)13(18)10-15(20)22-2/h3-6,13H,7-10H2,1-2H3,(H,17,21). The minimum atomic E-state index is -0.794. The summed E-state index contributed by atoms with van der Waals surface area (Å²) in [6, 6.07) is 6.84. The summed E-state index contributed by atoms with van der Waals surface area (Å²) >= 11 is 0. The van der Waals surface area contributed by atoms with E-state index in [-0.39, 0.29) is 24.7 Å². The molecule has 1 saturated heterocycles. The molecule has 0 bridgehead atoms. The van der Waals surface area contributed by atoms with Gasteiger partial charge < -0.3 is 15.0 Å². The first-order valence-electron chi connectivity index (χ1n) is 7.21. The number of benzene rings is 1. The van der Waals surface area contributed by atoms with E-state index in [0.29, 0.717) is 13.1 Å². The molecule has 1 unspecified atom stereocenters. The number of carbonyl (C=O) groups excluding carboxylic acids is 3. The molecule has 1 aliphatic rings. The zero-order chi connectivity index (χ0) is 16.1. The molecule has 1 N–H and O–H groups in total. The van der Waals surface area contributed by atoms with Gasteiger partial charge in [-0.25, -0.2) is 0 Å². The van der Waals surface area contributed by atoms with Crippen molar-refractivity contribution in [3.8, 4) is 0 Å². The van der Waals surface area contributed by atoms with Gasteiger partial charge in [0, 0.05) is 13.1 Å². The fourth-order valence-corrected chi connectivity index (χ4v) is 2.53. The van der Waals surface area contributed by atoms with Crippen LogP contribution in [0.5, 0.6) is 0 Å². The third-order valence-corrected chi connectivity index (χ3v) is 3.84. The molecule has 1 heterocycles. The van der Waals surface area contributed by atoms with Gasteiger partial charge in [0.2, 0.25) is 11.8 Å². The van der Waals surface area contributed by atoms with Crippen molar-refractivity contribution < 1.29 is 19.1 Å². The number of carbonyl (C=O) groups is 3. The molecule has 0 saturated carbocycles. The van der Waals surface area contributed by atoms with E-state index in [1.165, 1.54) is 12.0 Å². The molecule has 6 nitrogen and oxygen atoms in total. The molecule has 1 fully saturated rings. The van der Waals surface area contributed by atoms with Crippen LogP contribution in [0, 0.1) is 6.92 Å². The summed E-state index contributed by atoms with van der Waals surface area (Å²) in [7, 11) is 1.27. The lowest BCUT2D eigenvalue weighted by atomic mass is 10.0.